The van der Waals surface area contributed by atoms with Gasteiger partial charge in [0.2, 0.25) is 0 Å². The van der Waals surface area contributed by atoms with Crippen molar-refractivity contribution in [1.82, 2.24) is 5.32 Å². The molecule has 0 saturated heterocycles. The molecule has 2 aromatic carbocycles. The molecule has 4 heteroatoms. The van der Waals surface area contributed by atoms with Gasteiger partial charge in [0.05, 0.1) is 0 Å². The molecule has 0 aromatic heterocycles. The molecule has 2 rings (SSSR count). The number of nitrogens with one attached hydrogen (secondary N) is 1. The van der Waals surface area contributed by atoms with Crippen LogP contribution in [-0.2, 0) is 6.54 Å². The van der Waals surface area contributed by atoms with Crippen molar-refractivity contribution in [3.05, 3.63) is 59.2 Å². The highest BCUT2D eigenvalue weighted by Crippen LogP contribution is 2.29. The molecule has 20 heavy (non-hydrogen) atoms. The third-order valence-corrected chi connectivity index (χ3v) is 2.93. The summed E-state index contributed by atoms with van der Waals surface area (Å²) in [6.07, 6.45) is 0. The van der Waals surface area contributed by atoms with Gasteiger partial charge in [-0.1, -0.05) is 19.1 Å². The van der Waals surface area contributed by atoms with Gasteiger partial charge in [-0.2, -0.15) is 0 Å². The van der Waals surface area contributed by atoms with Crippen LogP contribution in [0.15, 0.2) is 36.4 Å². The van der Waals surface area contributed by atoms with Crippen molar-refractivity contribution < 1.29 is 13.5 Å². The van der Waals surface area contributed by atoms with E-state index in [1.54, 1.807) is 24.3 Å². The van der Waals surface area contributed by atoms with Gasteiger partial charge < -0.3 is 10.1 Å². The normalized spacial score (nSPS) is 10.6. The molecule has 2 aromatic rings. The summed E-state index contributed by atoms with van der Waals surface area (Å²) in [5, 5.41) is 3.04. The highest BCUT2D eigenvalue weighted by atomic mass is 19.1. The SMILES string of the molecule is CCNCc1c(F)cccc1Oc1cc(C)ccc1F. The standard InChI is InChI=1S/C16H17F2NO/c1-3-19-10-12-13(17)5-4-6-15(12)20-16-9-11(2)7-8-14(16)18/h4-9,19H,3,10H2,1-2H3. The molecule has 0 spiro atoms. The lowest BCUT2D eigenvalue weighted by Crippen LogP contribution is -2.13. The fraction of sp³-hybridized carbons (Fsp3) is 0.250. The quantitative estimate of drug-likeness (QED) is 0.885. The summed E-state index contributed by atoms with van der Waals surface area (Å²) in [4.78, 5) is 0. The van der Waals surface area contributed by atoms with Crippen LogP contribution in [0.4, 0.5) is 8.78 Å². The maximum absolute atomic E-state index is 13.8. The molecule has 106 valence electrons. The molecule has 0 aliphatic rings. The summed E-state index contributed by atoms with van der Waals surface area (Å²) in [5.74, 6) is -0.394. The van der Waals surface area contributed by atoms with E-state index in [1.807, 2.05) is 13.8 Å². The molecular formula is C16H17F2NO. The summed E-state index contributed by atoms with van der Waals surface area (Å²) in [7, 11) is 0. The second-order valence-electron chi connectivity index (χ2n) is 4.53. The van der Waals surface area contributed by atoms with Crippen LogP contribution >= 0.6 is 0 Å². The number of ether oxygens (including phenoxy) is 1. The van der Waals surface area contributed by atoms with E-state index in [9.17, 15) is 8.78 Å². The molecular weight excluding hydrogens is 260 g/mol. The van der Waals surface area contributed by atoms with E-state index in [2.05, 4.69) is 5.32 Å². The van der Waals surface area contributed by atoms with Crippen molar-refractivity contribution in [3.63, 3.8) is 0 Å². The largest absolute Gasteiger partial charge is 0.454 e. The van der Waals surface area contributed by atoms with Gasteiger partial charge in [-0.15, -0.1) is 0 Å². The summed E-state index contributed by atoms with van der Waals surface area (Å²) in [6, 6.07) is 9.15. The number of hydrogen-bond acceptors (Lipinski definition) is 2. The van der Waals surface area contributed by atoms with Crippen LogP contribution < -0.4 is 10.1 Å². The van der Waals surface area contributed by atoms with Gasteiger partial charge in [0, 0.05) is 12.1 Å². The Bertz CT molecular complexity index is 599. The Morgan fingerprint density at radius 2 is 1.85 bits per heavy atom. The highest BCUT2D eigenvalue weighted by molar-refractivity contribution is 5.40. The van der Waals surface area contributed by atoms with Crippen molar-refractivity contribution in [2.45, 2.75) is 20.4 Å². The Morgan fingerprint density at radius 1 is 1.05 bits per heavy atom. The third kappa shape index (κ3) is 3.33. The molecule has 0 bridgehead atoms. The van der Waals surface area contributed by atoms with Crippen LogP contribution in [0.1, 0.15) is 18.1 Å². The highest BCUT2D eigenvalue weighted by Gasteiger charge is 2.12. The minimum atomic E-state index is -0.464. The van der Waals surface area contributed by atoms with Gasteiger partial charge in [-0.25, -0.2) is 8.78 Å². The van der Waals surface area contributed by atoms with Crippen molar-refractivity contribution >= 4 is 0 Å². The topological polar surface area (TPSA) is 21.3 Å². The van der Waals surface area contributed by atoms with Gasteiger partial charge in [-0.05, 0) is 43.3 Å². The number of rotatable bonds is 5. The Morgan fingerprint density at radius 3 is 2.60 bits per heavy atom. The maximum atomic E-state index is 13.8. The molecule has 0 amide bonds. The van der Waals surface area contributed by atoms with E-state index in [-0.39, 0.29) is 11.6 Å². The Balaban J connectivity index is 2.33. The number of halogens is 2. The fourth-order valence-electron chi connectivity index (χ4n) is 1.86. The second kappa shape index (κ2) is 6.48. The zero-order chi connectivity index (χ0) is 14.5. The lowest BCUT2D eigenvalue weighted by Gasteiger charge is -2.13. The van der Waals surface area contributed by atoms with Crippen molar-refractivity contribution in [3.8, 4) is 11.5 Å². The number of aryl methyl sites for hydroxylation is 1. The van der Waals surface area contributed by atoms with Crippen LogP contribution in [0.25, 0.3) is 0 Å². The van der Waals surface area contributed by atoms with Crippen molar-refractivity contribution in [1.29, 1.82) is 0 Å². The van der Waals surface area contributed by atoms with E-state index in [1.165, 1.54) is 12.1 Å². The average molecular weight is 277 g/mol. The molecule has 0 aliphatic heterocycles. The zero-order valence-corrected chi connectivity index (χ0v) is 11.5. The molecule has 0 unspecified atom stereocenters. The summed E-state index contributed by atoms with van der Waals surface area (Å²) < 4.78 is 33.1. The average Bonchev–Trinajstić information content (AvgIpc) is 2.42. The Labute approximate surface area is 117 Å². The fourth-order valence-corrected chi connectivity index (χ4v) is 1.86. The summed E-state index contributed by atoms with van der Waals surface area (Å²) in [6.45, 7) is 4.83. The molecule has 0 atom stereocenters. The predicted octanol–water partition coefficient (Wildman–Crippen LogP) is 4.18. The number of benzene rings is 2. The molecule has 0 saturated carbocycles. The van der Waals surface area contributed by atoms with Gasteiger partial charge in [0.25, 0.3) is 0 Å². The van der Waals surface area contributed by atoms with E-state index < -0.39 is 5.82 Å². The van der Waals surface area contributed by atoms with Gasteiger partial charge in [0.1, 0.15) is 11.6 Å². The summed E-state index contributed by atoms with van der Waals surface area (Å²) >= 11 is 0. The van der Waals surface area contributed by atoms with Gasteiger partial charge >= 0.3 is 0 Å². The maximum Gasteiger partial charge on any atom is 0.165 e. The van der Waals surface area contributed by atoms with Crippen LogP contribution in [0.5, 0.6) is 11.5 Å². The predicted molar refractivity (Wildman–Crippen MR) is 75.0 cm³/mol. The second-order valence-corrected chi connectivity index (χ2v) is 4.53. The zero-order valence-electron chi connectivity index (χ0n) is 11.5. The van der Waals surface area contributed by atoms with Gasteiger partial charge in [0.15, 0.2) is 11.6 Å². The van der Waals surface area contributed by atoms with E-state index in [0.29, 0.717) is 24.4 Å². The molecule has 1 N–H and O–H groups in total. The van der Waals surface area contributed by atoms with Crippen molar-refractivity contribution in [2.75, 3.05) is 6.54 Å². The first-order valence-corrected chi connectivity index (χ1v) is 6.54. The van der Waals surface area contributed by atoms with Crippen molar-refractivity contribution in [2.24, 2.45) is 0 Å². The molecule has 0 fully saturated rings. The minimum Gasteiger partial charge on any atom is -0.454 e. The number of hydrogen-bond donors (Lipinski definition) is 1. The van der Waals surface area contributed by atoms with Gasteiger partial charge in [-0.3, -0.25) is 0 Å². The first-order valence-electron chi connectivity index (χ1n) is 6.54. The van der Waals surface area contributed by atoms with Crippen LogP contribution in [-0.4, -0.2) is 6.54 Å². The van der Waals surface area contributed by atoms with E-state index >= 15 is 0 Å². The lowest BCUT2D eigenvalue weighted by atomic mass is 10.1. The minimum absolute atomic E-state index is 0.105. The third-order valence-electron chi connectivity index (χ3n) is 2.93. The van der Waals surface area contributed by atoms with Crippen LogP contribution in [0.3, 0.4) is 0 Å². The summed E-state index contributed by atoms with van der Waals surface area (Å²) in [5.41, 5.74) is 1.28. The van der Waals surface area contributed by atoms with E-state index in [4.69, 9.17) is 4.74 Å². The first kappa shape index (κ1) is 14.5. The van der Waals surface area contributed by atoms with Crippen LogP contribution in [0, 0.1) is 18.6 Å². The molecule has 0 radical (unpaired) electrons. The van der Waals surface area contributed by atoms with Crippen LogP contribution in [0.2, 0.25) is 0 Å². The Kier molecular flexibility index (Phi) is 4.69. The molecule has 0 heterocycles. The monoisotopic (exact) mass is 277 g/mol. The molecule has 0 aliphatic carbocycles. The lowest BCUT2D eigenvalue weighted by molar-refractivity contribution is 0.429. The first-order chi connectivity index (χ1) is 9.61. The van der Waals surface area contributed by atoms with E-state index in [0.717, 1.165) is 5.56 Å². The molecule has 2 nitrogen and oxygen atoms in total. The Hall–Kier alpha value is -1.94. The smallest absolute Gasteiger partial charge is 0.165 e.